The van der Waals surface area contributed by atoms with Crippen LogP contribution in [-0.2, 0) is 0 Å². The van der Waals surface area contributed by atoms with Gasteiger partial charge in [0.25, 0.3) is 0 Å². The quantitative estimate of drug-likeness (QED) is 0.825. The summed E-state index contributed by atoms with van der Waals surface area (Å²) in [5, 5.41) is 10.6. The lowest BCUT2D eigenvalue weighted by Gasteiger charge is -2.08. The van der Waals surface area contributed by atoms with Crippen LogP contribution in [0.1, 0.15) is 27.0 Å². The molecule has 0 aliphatic rings. The first-order valence-corrected chi connectivity index (χ1v) is 6.45. The largest absolute Gasteiger partial charge is 0.507 e. The van der Waals surface area contributed by atoms with E-state index >= 15 is 0 Å². The van der Waals surface area contributed by atoms with E-state index in [1.807, 2.05) is 13.8 Å². The molecule has 0 heterocycles. The maximum atomic E-state index is 12.3. The minimum Gasteiger partial charge on any atom is -0.507 e. The summed E-state index contributed by atoms with van der Waals surface area (Å²) in [6.45, 7) is 3.77. The Kier molecular flexibility index (Phi) is 3.83. The molecule has 2 nitrogen and oxygen atoms in total. The van der Waals surface area contributed by atoms with Gasteiger partial charge in [-0.3, -0.25) is 4.79 Å². The molecule has 98 valence electrons. The van der Waals surface area contributed by atoms with Gasteiger partial charge in [-0.05, 0) is 55.3 Å². The summed E-state index contributed by atoms with van der Waals surface area (Å²) >= 11 is 11.7. The van der Waals surface area contributed by atoms with Crippen LogP contribution in [-0.4, -0.2) is 10.9 Å². The maximum Gasteiger partial charge on any atom is 0.196 e. The lowest BCUT2D eigenvalue weighted by Crippen LogP contribution is -2.03. The Hall–Kier alpha value is -1.51. The molecule has 4 heteroatoms. The van der Waals surface area contributed by atoms with Crippen molar-refractivity contribution in [1.29, 1.82) is 0 Å². The van der Waals surface area contributed by atoms with E-state index in [2.05, 4.69) is 0 Å². The third kappa shape index (κ3) is 2.75. The van der Waals surface area contributed by atoms with Gasteiger partial charge in [-0.2, -0.15) is 0 Å². The number of phenols is 1. The number of aryl methyl sites for hydroxylation is 2. The number of benzene rings is 2. The molecule has 0 saturated heterocycles. The van der Waals surface area contributed by atoms with Gasteiger partial charge in [-0.1, -0.05) is 23.2 Å². The first-order valence-electron chi connectivity index (χ1n) is 5.70. The lowest BCUT2D eigenvalue weighted by atomic mass is 9.98. The Labute approximate surface area is 121 Å². The molecule has 19 heavy (non-hydrogen) atoms. The molecule has 2 aromatic carbocycles. The Morgan fingerprint density at radius 2 is 1.63 bits per heavy atom. The number of aromatic hydroxyl groups is 1. The number of halogens is 2. The number of hydrogen-bond acceptors (Lipinski definition) is 2. The highest BCUT2D eigenvalue weighted by Crippen LogP contribution is 2.27. The highest BCUT2D eigenvalue weighted by Gasteiger charge is 2.15. The first-order chi connectivity index (χ1) is 8.90. The van der Waals surface area contributed by atoms with Crippen molar-refractivity contribution in [2.24, 2.45) is 0 Å². The van der Waals surface area contributed by atoms with Crippen molar-refractivity contribution < 1.29 is 9.90 Å². The summed E-state index contributed by atoms with van der Waals surface area (Å²) in [6.07, 6.45) is 0. The van der Waals surface area contributed by atoms with Gasteiger partial charge in [0.05, 0.1) is 15.6 Å². The summed E-state index contributed by atoms with van der Waals surface area (Å²) in [4.78, 5) is 12.3. The molecule has 0 amide bonds. The van der Waals surface area contributed by atoms with Crippen molar-refractivity contribution in [3.05, 3.63) is 62.6 Å². The van der Waals surface area contributed by atoms with E-state index in [1.165, 1.54) is 6.07 Å². The molecule has 0 bridgehead atoms. The Balaban J connectivity index is 2.49. The van der Waals surface area contributed by atoms with E-state index < -0.39 is 0 Å². The molecule has 1 N–H and O–H groups in total. The van der Waals surface area contributed by atoms with E-state index in [0.717, 1.165) is 11.1 Å². The van der Waals surface area contributed by atoms with Crippen molar-refractivity contribution in [3.8, 4) is 5.75 Å². The maximum absolute atomic E-state index is 12.3. The van der Waals surface area contributed by atoms with Crippen LogP contribution in [0.15, 0.2) is 30.3 Å². The minimum absolute atomic E-state index is 0.0285. The molecular formula is C15H12Cl2O2. The van der Waals surface area contributed by atoms with Crippen molar-refractivity contribution in [1.82, 2.24) is 0 Å². The smallest absolute Gasteiger partial charge is 0.196 e. The molecule has 0 atom stereocenters. The molecule has 0 aliphatic heterocycles. The predicted octanol–water partition coefficient (Wildman–Crippen LogP) is 4.55. The van der Waals surface area contributed by atoms with Crippen LogP contribution in [0.4, 0.5) is 0 Å². The van der Waals surface area contributed by atoms with E-state index in [0.29, 0.717) is 15.6 Å². The van der Waals surface area contributed by atoms with Crippen LogP contribution >= 0.6 is 23.2 Å². The summed E-state index contributed by atoms with van der Waals surface area (Å²) < 4.78 is 0. The second-order valence-electron chi connectivity index (χ2n) is 4.41. The zero-order valence-electron chi connectivity index (χ0n) is 10.5. The summed E-state index contributed by atoms with van der Waals surface area (Å²) in [6, 6.07) is 7.91. The van der Waals surface area contributed by atoms with Crippen molar-refractivity contribution in [2.45, 2.75) is 13.8 Å². The van der Waals surface area contributed by atoms with E-state index in [1.54, 1.807) is 24.3 Å². The fraction of sp³-hybridized carbons (Fsp3) is 0.133. The third-order valence-electron chi connectivity index (χ3n) is 3.04. The van der Waals surface area contributed by atoms with Crippen LogP contribution in [0.5, 0.6) is 5.75 Å². The van der Waals surface area contributed by atoms with Crippen LogP contribution in [0, 0.1) is 13.8 Å². The van der Waals surface area contributed by atoms with Crippen molar-refractivity contribution in [2.75, 3.05) is 0 Å². The minimum atomic E-state index is -0.279. The normalized spacial score (nSPS) is 10.5. The lowest BCUT2D eigenvalue weighted by molar-refractivity contribution is 0.103. The molecule has 0 aromatic heterocycles. The summed E-state index contributed by atoms with van der Waals surface area (Å²) in [5.41, 5.74) is 2.54. The number of carbonyl (C=O) groups excluding carboxylic acids is 1. The molecule has 0 unspecified atom stereocenters. The molecule has 2 aromatic rings. The van der Waals surface area contributed by atoms with E-state index in [4.69, 9.17) is 23.2 Å². The van der Waals surface area contributed by atoms with Gasteiger partial charge in [-0.15, -0.1) is 0 Å². The number of rotatable bonds is 2. The molecule has 0 aliphatic carbocycles. The van der Waals surface area contributed by atoms with Crippen LogP contribution in [0.2, 0.25) is 10.0 Å². The van der Waals surface area contributed by atoms with E-state index in [-0.39, 0.29) is 17.1 Å². The molecule has 0 fully saturated rings. The number of hydrogen-bond donors (Lipinski definition) is 1. The molecule has 0 radical (unpaired) electrons. The van der Waals surface area contributed by atoms with Gasteiger partial charge >= 0.3 is 0 Å². The monoisotopic (exact) mass is 294 g/mol. The Bertz CT molecular complexity index is 663. The van der Waals surface area contributed by atoms with Gasteiger partial charge in [0, 0.05) is 5.56 Å². The van der Waals surface area contributed by atoms with E-state index in [9.17, 15) is 9.90 Å². The Morgan fingerprint density at radius 1 is 1.00 bits per heavy atom. The highest BCUT2D eigenvalue weighted by molar-refractivity contribution is 6.42. The third-order valence-corrected chi connectivity index (χ3v) is 3.78. The predicted molar refractivity (Wildman–Crippen MR) is 77.5 cm³/mol. The fourth-order valence-corrected chi connectivity index (χ4v) is 2.07. The van der Waals surface area contributed by atoms with Gasteiger partial charge in [0.2, 0.25) is 0 Å². The molecule has 2 rings (SSSR count). The number of carbonyl (C=O) groups is 1. The second-order valence-corrected chi connectivity index (χ2v) is 5.23. The standard InChI is InChI=1S/C15H12Cl2O2/c1-8-5-11(14(18)6-9(8)2)15(19)10-3-4-12(16)13(17)7-10/h3-7,18H,1-2H3. The van der Waals surface area contributed by atoms with Crippen LogP contribution in [0.3, 0.4) is 0 Å². The topological polar surface area (TPSA) is 37.3 Å². The van der Waals surface area contributed by atoms with Crippen LogP contribution < -0.4 is 0 Å². The van der Waals surface area contributed by atoms with Crippen molar-refractivity contribution in [3.63, 3.8) is 0 Å². The zero-order valence-corrected chi connectivity index (χ0v) is 12.0. The average Bonchev–Trinajstić information content (AvgIpc) is 2.36. The average molecular weight is 295 g/mol. The van der Waals surface area contributed by atoms with Crippen LogP contribution in [0.25, 0.3) is 0 Å². The molecular weight excluding hydrogens is 283 g/mol. The molecule has 0 saturated carbocycles. The molecule has 0 spiro atoms. The van der Waals surface area contributed by atoms with Crippen molar-refractivity contribution >= 4 is 29.0 Å². The first kappa shape index (κ1) is 13.9. The number of phenolic OH excluding ortho intramolecular Hbond substituents is 1. The fourth-order valence-electron chi connectivity index (χ4n) is 1.78. The highest BCUT2D eigenvalue weighted by atomic mass is 35.5. The van der Waals surface area contributed by atoms with Gasteiger partial charge < -0.3 is 5.11 Å². The van der Waals surface area contributed by atoms with Gasteiger partial charge in [-0.25, -0.2) is 0 Å². The van der Waals surface area contributed by atoms with Gasteiger partial charge in [0.1, 0.15) is 5.75 Å². The number of ketones is 1. The SMILES string of the molecule is Cc1cc(O)c(C(=O)c2ccc(Cl)c(Cl)c2)cc1C. The summed E-state index contributed by atoms with van der Waals surface area (Å²) in [7, 11) is 0. The summed E-state index contributed by atoms with van der Waals surface area (Å²) in [5.74, 6) is -0.307. The van der Waals surface area contributed by atoms with Gasteiger partial charge in [0.15, 0.2) is 5.78 Å². The zero-order chi connectivity index (χ0) is 14.2. The Morgan fingerprint density at radius 3 is 2.26 bits per heavy atom. The second kappa shape index (κ2) is 5.24.